The van der Waals surface area contributed by atoms with Crippen molar-refractivity contribution >= 4 is 34.3 Å². The number of nitrogens with one attached hydrogen (secondary N) is 3. The van der Waals surface area contributed by atoms with Gasteiger partial charge in [-0.1, -0.05) is 24.3 Å². The van der Waals surface area contributed by atoms with Crippen LogP contribution in [-0.2, 0) is 6.54 Å². The molecule has 1 fully saturated rings. The first-order chi connectivity index (χ1) is 15.6. The summed E-state index contributed by atoms with van der Waals surface area (Å²) in [5.74, 6) is 0.782. The van der Waals surface area contributed by atoms with E-state index in [4.69, 9.17) is 0 Å². The van der Waals surface area contributed by atoms with Crippen molar-refractivity contribution in [3.05, 3.63) is 89.7 Å². The third-order valence-electron chi connectivity index (χ3n) is 5.29. The summed E-state index contributed by atoms with van der Waals surface area (Å²) in [6, 6.07) is 21.4. The third-order valence-corrected chi connectivity index (χ3v) is 5.29. The Bertz CT molecular complexity index is 1250. The first kappa shape index (κ1) is 19.9. The molecular weight excluding hydrogens is 405 g/mol. The molecule has 1 aliphatic rings. The molecule has 1 heterocycles. The van der Waals surface area contributed by atoms with Crippen molar-refractivity contribution in [2.45, 2.75) is 25.4 Å². The van der Waals surface area contributed by atoms with Gasteiger partial charge in [0.15, 0.2) is 0 Å². The van der Waals surface area contributed by atoms with Gasteiger partial charge in [0.05, 0.1) is 5.52 Å². The first-order valence-electron chi connectivity index (χ1n) is 10.6. The van der Waals surface area contributed by atoms with Crippen molar-refractivity contribution in [1.29, 1.82) is 0 Å². The van der Waals surface area contributed by atoms with Crippen molar-refractivity contribution in [1.82, 2.24) is 9.97 Å². The van der Waals surface area contributed by atoms with Crippen molar-refractivity contribution in [2.75, 3.05) is 16.0 Å². The number of amides is 1. The Labute approximate surface area is 184 Å². The Morgan fingerprint density at radius 3 is 2.44 bits per heavy atom. The zero-order valence-corrected chi connectivity index (χ0v) is 17.3. The minimum absolute atomic E-state index is 0.279. The molecule has 32 heavy (non-hydrogen) atoms. The number of aromatic nitrogens is 2. The molecule has 1 aliphatic carbocycles. The van der Waals surface area contributed by atoms with Gasteiger partial charge < -0.3 is 16.0 Å². The monoisotopic (exact) mass is 427 g/mol. The number of fused-ring (bicyclic) bond motifs is 1. The molecule has 160 valence electrons. The number of benzene rings is 3. The van der Waals surface area contributed by atoms with E-state index in [1.54, 1.807) is 0 Å². The second-order valence-corrected chi connectivity index (χ2v) is 7.84. The van der Waals surface area contributed by atoms with Crippen LogP contribution in [0.25, 0.3) is 10.9 Å². The molecule has 0 saturated heterocycles. The number of nitrogens with zero attached hydrogens (tertiary/aromatic N) is 2. The third kappa shape index (κ3) is 4.67. The van der Waals surface area contributed by atoms with Gasteiger partial charge in [-0.25, -0.2) is 9.37 Å². The molecule has 6 nitrogen and oxygen atoms in total. The second kappa shape index (κ2) is 8.63. The summed E-state index contributed by atoms with van der Waals surface area (Å²) in [5, 5.41) is 10.6. The highest BCUT2D eigenvalue weighted by Gasteiger charge is 2.22. The van der Waals surface area contributed by atoms with Crippen LogP contribution in [0, 0.1) is 5.82 Å². The lowest BCUT2D eigenvalue weighted by Crippen LogP contribution is -2.12. The van der Waals surface area contributed by atoms with Gasteiger partial charge in [0, 0.05) is 29.2 Å². The van der Waals surface area contributed by atoms with E-state index in [9.17, 15) is 9.18 Å². The van der Waals surface area contributed by atoms with Crippen molar-refractivity contribution in [3.8, 4) is 0 Å². The van der Waals surface area contributed by atoms with Gasteiger partial charge in [-0.15, -0.1) is 0 Å². The Morgan fingerprint density at radius 2 is 1.69 bits per heavy atom. The molecule has 3 N–H and O–H groups in total. The van der Waals surface area contributed by atoms with E-state index in [1.807, 2.05) is 48.5 Å². The summed E-state index contributed by atoms with van der Waals surface area (Å²) in [5.41, 5.74) is 3.02. The normalized spacial score (nSPS) is 13.0. The Balaban J connectivity index is 1.26. The molecule has 7 heteroatoms. The zero-order chi connectivity index (χ0) is 21.9. The maximum Gasteiger partial charge on any atom is 0.255 e. The van der Waals surface area contributed by atoms with E-state index in [0.29, 0.717) is 29.8 Å². The summed E-state index contributed by atoms with van der Waals surface area (Å²) in [4.78, 5) is 21.6. The summed E-state index contributed by atoms with van der Waals surface area (Å²) in [6.45, 7) is 0.579. The van der Waals surface area contributed by atoms with Crippen LogP contribution in [0.4, 0.5) is 21.8 Å². The fourth-order valence-electron chi connectivity index (χ4n) is 3.38. The maximum absolute atomic E-state index is 13.0. The second-order valence-electron chi connectivity index (χ2n) is 7.84. The van der Waals surface area contributed by atoms with Crippen LogP contribution in [0.5, 0.6) is 0 Å². The van der Waals surface area contributed by atoms with Crippen LogP contribution in [-0.4, -0.2) is 21.9 Å². The quantitative estimate of drug-likeness (QED) is 0.377. The fourth-order valence-corrected chi connectivity index (χ4v) is 3.38. The van der Waals surface area contributed by atoms with Crippen molar-refractivity contribution < 1.29 is 9.18 Å². The molecule has 0 aliphatic heterocycles. The van der Waals surface area contributed by atoms with Crippen molar-refractivity contribution in [2.24, 2.45) is 0 Å². The van der Waals surface area contributed by atoms with Crippen LogP contribution >= 0.6 is 0 Å². The zero-order valence-electron chi connectivity index (χ0n) is 17.3. The lowest BCUT2D eigenvalue weighted by molar-refractivity contribution is 0.102. The Kier molecular flexibility index (Phi) is 5.37. The van der Waals surface area contributed by atoms with Gasteiger partial charge in [0.25, 0.3) is 5.91 Å². The average molecular weight is 427 g/mol. The molecule has 0 spiro atoms. The SMILES string of the molecule is O=C(Nc1ccc(CNc2nc(NC3CC3)nc3ccccc23)cc1)c1ccc(F)cc1. The van der Waals surface area contributed by atoms with Crippen LogP contribution in [0.1, 0.15) is 28.8 Å². The highest BCUT2D eigenvalue weighted by molar-refractivity contribution is 6.04. The molecule has 4 aromatic rings. The highest BCUT2D eigenvalue weighted by atomic mass is 19.1. The smallest absolute Gasteiger partial charge is 0.255 e. The molecule has 1 amide bonds. The number of anilines is 3. The number of hydrogen-bond donors (Lipinski definition) is 3. The van der Waals surface area contributed by atoms with E-state index in [0.717, 1.165) is 35.1 Å². The first-order valence-corrected chi connectivity index (χ1v) is 10.6. The molecule has 0 atom stereocenters. The summed E-state index contributed by atoms with van der Waals surface area (Å²) >= 11 is 0. The molecular formula is C25H22FN5O. The van der Waals surface area contributed by atoms with E-state index >= 15 is 0 Å². The van der Waals surface area contributed by atoms with Gasteiger partial charge in [0.2, 0.25) is 5.95 Å². The summed E-state index contributed by atoms with van der Waals surface area (Å²) in [6.07, 6.45) is 2.31. The molecule has 0 bridgehead atoms. The maximum atomic E-state index is 13.0. The lowest BCUT2D eigenvalue weighted by Gasteiger charge is -2.12. The molecule has 0 radical (unpaired) electrons. The van der Waals surface area contributed by atoms with E-state index in [1.165, 1.54) is 24.3 Å². The van der Waals surface area contributed by atoms with Gasteiger partial charge >= 0.3 is 0 Å². The minimum atomic E-state index is -0.370. The number of halogens is 1. The average Bonchev–Trinajstić information content (AvgIpc) is 3.63. The van der Waals surface area contributed by atoms with E-state index in [2.05, 4.69) is 25.9 Å². The van der Waals surface area contributed by atoms with Crippen LogP contribution < -0.4 is 16.0 Å². The predicted molar refractivity (Wildman–Crippen MR) is 124 cm³/mol. The van der Waals surface area contributed by atoms with Crippen LogP contribution in [0.3, 0.4) is 0 Å². The Hall–Kier alpha value is -4.00. The number of para-hydroxylation sites is 1. The van der Waals surface area contributed by atoms with Crippen molar-refractivity contribution in [3.63, 3.8) is 0 Å². The molecule has 0 unspecified atom stereocenters. The van der Waals surface area contributed by atoms with Crippen LogP contribution in [0.2, 0.25) is 0 Å². The Morgan fingerprint density at radius 1 is 0.938 bits per heavy atom. The van der Waals surface area contributed by atoms with Gasteiger partial charge in [-0.3, -0.25) is 4.79 Å². The number of rotatable bonds is 7. The largest absolute Gasteiger partial charge is 0.365 e. The molecule has 3 aromatic carbocycles. The topological polar surface area (TPSA) is 78.9 Å². The fraction of sp³-hybridized carbons (Fsp3) is 0.160. The predicted octanol–water partition coefficient (Wildman–Crippen LogP) is 5.21. The highest BCUT2D eigenvalue weighted by Crippen LogP contribution is 2.27. The number of hydrogen-bond acceptors (Lipinski definition) is 5. The van der Waals surface area contributed by atoms with Gasteiger partial charge in [-0.05, 0) is 66.9 Å². The summed E-state index contributed by atoms with van der Waals surface area (Å²) < 4.78 is 13.0. The molecule has 1 aromatic heterocycles. The molecule has 1 saturated carbocycles. The van der Waals surface area contributed by atoms with E-state index < -0.39 is 0 Å². The van der Waals surface area contributed by atoms with Crippen LogP contribution in [0.15, 0.2) is 72.8 Å². The van der Waals surface area contributed by atoms with Gasteiger partial charge in [0.1, 0.15) is 11.6 Å². The summed E-state index contributed by atoms with van der Waals surface area (Å²) in [7, 11) is 0. The lowest BCUT2D eigenvalue weighted by atomic mass is 10.1. The number of carbonyl (C=O) groups is 1. The minimum Gasteiger partial charge on any atom is -0.365 e. The standard InChI is InChI=1S/C25H22FN5O/c26-18-9-7-17(8-10-18)24(32)28-19-11-5-16(6-12-19)15-27-23-21-3-1-2-4-22(21)30-25(31-23)29-20-13-14-20/h1-12,20H,13-15H2,(H,28,32)(H2,27,29,30,31). The van der Waals surface area contributed by atoms with E-state index in [-0.39, 0.29) is 11.7 Å². The van der Waals surface area contributed by atoms with Gasteiger partial charge in [-0.2, -0.15) is 4.98 Å². The number of carbonyl (C=O) groups excluding carboxylic acids is 1. The molecule has 5 rings (SSSR count).